The van der Waals surface area contributed by atoms with E-state index < -0.39 is 18.0 Å². The van der Waals surface area contributed by atoms with Crippen molar-refractivity contribution in [3.05, 3.63) is 23.3 Å². The number of hydrogen-bond donors (Lipinski definition) is 2. The Kier molecular flexibility index (Phi) is 5.20. The number of aliphatic hydroxyl groups excluding tert-OH is 1. The number of carbonyl (C=O) groups is 1. The monoisotopic (exact) mass is 349 g/mol. The Bertz CT molecular complexity index is 647. The Balaban J connectivity index is 1.82. The van der Waals surface area contributed by atoms with Crippen molar-refractivity contribution in [1.82, 2.24) is 4.90 Å². The molecular weight excluding hydrogens is 322 g/mol. The highest BCUT2D eigenvalue weighted by molar-refractivity contribution is 5.69. The average molecular weight is 349 g/mol. The van der Waals surface area contributed by atoms with E-state index in [0.29, 0.717) is 18.6 Å². The maximum absolute atomic E-state index is 11.1. The zero-order chi connectivity index (χ0) is 18.1. The predicted molar refractivity (Wildman–Crippen MR) is 93.1 cm³/mol. The molecule has 2 aliphatic heterocycles. The van der Waals surface area contributed by atoms with Gasteiger partial charge in [0.05, 0.1) is 26.2 Å². The second kappa shape index (κ2) is 7.22. The van der Waals surface area contributed by atoms with Gasteiger partial charge in [-0.25, -0.2) is 0 Å². The fourth-order valence-corrected chi connectivity index (χ4v) is 4.21. The van der Waals surface area contributed by atoms with Crippen LogP contribution in [0, 0.1) is 11.8 Å². The van der Waals surface area contributed by atoms with E-state index in [2.05, 4.69) is 4.90 Å². The number of piperidine rings is 1. The highest BCUT2D eigenvalue weighted by atomic mass is 16.5. The van der Waals surface area contributed by atoms with Crippen LogP contribution in [-0.4, -0.2) is 54.5 Å². The van der Waals surface area contributed by atoms with E-state index in [0.717, 1.165) is 25.3 Å². The zero-order valence-electron chi connectivity index (χ0n) is 15.1. The Morgan fingerprint density at radius 2 is 2.00 bits per heavy atom. The molecule has 138 valence electrons. The van der Waals surface area contributed by atoms with Crippen LogP contribution in [0.2, 0.25) is 0 Å². The van der Waals surface area contributed by atoms with Crippen LogP contribution in [0.5, 0.6) is 11.5 Å². The van der Waals surface area contributed by atoms with Gasteiger partial charge in [0.15, 0.2) is 11.5 Å². The van der Waals surface area contributed by atoms with Gasteiger partial charge in [-0.3, -0.25) is 9.69 Å². The summed E-state index contributed by atoms with van der Waals surface area (Å²) in [6.07, 6.45) is 1.57. The molecule has 1 fully saturated rings. The first-order valence-corrected chi connectivity index (χ1v) is 8.84. The third kappa shape index (κ3) is 3.46. The zero-order valence-corrected chi connectivity index (χ0v) is 15.1. The molecule has 4 atom stereocenters. The minimum atomic E-state index is -0.796. The molecule has 2 N–H and O–H groups in total. The third-order valence-electron chi connectivity index (χ3n) is 5.67. The van der Waals surface area contributed by atoms with E-state index in [4.69, 9.17) is 14.6 Å². The Labute approximate surface area is 148 Å². The topological polar surface area (TPSA) is 79.2 Å². The van der Waals surface area contributed by atoms with Crippen LogP contribution in [0.3, 0.4) is 0 Å². The number of fused-ring (bicyclic) bond motifs is 3. The van der Waals surface area contributed by atoms with Crippen molar-refractivity contribution >= 4 is 5.97 Å². The maximum Gasteiger partial charge on any atom is 0.306 e. The third-order valence-corrected chi connectivity index (χ3v) is 5.67. The number of ether oxygens (including phenoxy) is 2. The van der Waals surface area contributed by atoms with Gasteiger partial charge in [-0.15, -0.1) is 0 Å². The number of methoxy groups -OCH3 is 2. The van der Waals surface area contributed by atoms with Gasteiger partial charge in [0.2, 0.25) is 0 Å². The van der Waals surface area contributed by atoms with Gasteiger partial charge in [0.1, 0.15) is 0 Å². The lowest BCUT2D eigenvalue weighted by atomic mass is 9.79. The molecule has 1 aromatic carbocycles. The van der Waals surface area contributed by atoms with Gasteiger partial charge in [0, 0.05) is 19.1 Å². The number of nitrogens with zero attached hydrogens (tertiary/aromatic N) is 1. The Morgan fingerprint density at radius 3 is 2.64 bits per heavy atom. The molecule has 2 aliphatic rings. The van der Waals surface area contributed by atoms with E-state index >= 15 is 0 Å². The van der Waals surface area contributed by atoms with Crippen molar-refractivity contribution in [1.29, 1.82) is 0 Å². The summed E-state index contributed by atoms with van der Waals surface area (Å²) in [7, 11) is 3.27. The summed E-state index contributed by atoms with van der Waals surface area (Å²) in [5.41, 5.74) is 2.43. The highest BCUT2D eigenvalue weighted by Crippen LogP contribution is 2.43. The van der Waals surface area contributed by atoms with Crippen LogP contribution in [0.25, 0.3) is 0 Å². The lowest BCUT2D eigenvalue weighted by Crippen LogP contribution is -2.48. The lowest BCUT2D eigenvalue weighted by Gasteiger charge is -2.46. The lowest BCUT2D eigenvalue weighted by molar-refractivity contribution is -0.142. The number of aliphatic hydroxyl groups is 1. The summed E-state index contributed by atoms with van der Waals surface area (Å²) >= 11 is 0. The van der Waals surface area contributed by atoms with E-state index in [1.165, 1.54) is 11.1 Å². The molecule has 6 heteroatoms. The summed E-state index contributed by atoms with van der Waals surface area (Å²) in [5.74, 6) is 0.218. The fraction of sp³-hybridized carbons (Fsp3) is 0.632. The van der Waals surface area contributed by atoms with Crippen molar-refractivity contribution in [2.75, 3.05) is 27.3 Å². The number of carboxylic acid groups (broad SMARTS) is 1. The predicted octanol–water partition coefficient (Wildman–Crippen LogP) is 2.09. The van der Waals surface area contributed by atoms with Crippen LogP contribution < -0.4 is 9.47 Å². The van der Waals surface area contributed by atoms with Crippen LogP contribution in [0.4, 0.5) is 0 Å². The van der Waals surface area contributed by atoms with Gasteiger partial charge >= 0.3 is 5.97 Å². The first-order chi connectivity index (χ1) is 11.9. The number of aliphatic carboxylic acids is 1. The summed E-state index contributed by atoms with van der Waals surface area (Å²) in [5, 5.41) is 19.8. The molecule has 0 radical (unpaired) electrons. The smallest absolute Gasteiger partial charge is 0.306 e. The Morgan fingerprint density at radius 1 is 1.32 bits per heavy atom. The summed E-state index contributed by atoms with van der Waals surface area (Å²) in [4.78, 5) is 13.5. The number of benzene rings is 1. The van der Waals surface area contributed by atoms with Crippen LogP contribution in [0.1, 0.15) is 36.9 Å². The van der Waals surface area contributed by atoms with Crippen LogP contribution in [0.15, 0.2) is 12.1 Å². The van der Waals surface area contributed by atoms with Gasteiger partial charge in [-0.05, 0) is 48.4 Å². The number of hydrogen-bond acceptors (Lipinski definition) is 5. The summed E-state index contributed by atoms with van der Waals surface area (Å²) in [6, 6.07) is 4.21. The average Bonchev–Trinajstić information content (AvgIpc) is 2.60. The van der Waals surface area contributed by atoms with E-state index in [9.17, 15) is 9.90 Å². The van der Waals surface area contributed by atoms with Gasteiger partial charge < -0.3 is 19.7 Å². The standard InChI is InChI=1S/C19H27NO5/c1-11(19(22)23)6-13-10-20-5-4-12-7-17(24-2)18(25-3)8-14(12)15(20)9-16(13)21/h7-8,11,13,15-16,21H,4-6,9-10H2,1-3H3,(H,22,23). The minimum absolute atomic E-state index is 0.00374. The largest absolute Gasteiger partial charge is 0.493 e. The summed E-state index contributed by atoms with van der Waals surface area (Å²) < 4.78 is 10.8. The molecule has 2 heterocycles. The molecule has 1 aromatic rings. The maximum atomic E-state index is 11.1. The second-order valence-electron chi connectivity index (χ2n) is 7.20. The van der Waals surface area contributed by atoms with Gasteiger partial charge in [-0.1, -0.05) is 6.92 Å². The van der Waals surface area contributed by atoms with Crippen LogP contribution >= 0.6 is 0 Å². The molecule has 1 saturated heterocycles. The van der Waals surface area contributed by atoms with Crippen molar-refractivity contribution < 1.29 is 24.5 Å². The van der Waals surface area contributed by atoms with Crippen molar-refractivity contribution in [2.45, 2.75) is 38.3 Å². The Hall–Kier alpha value is -1.79. The first-order valence-electron chi connectivity index (χ1n) is 8.84. The summed E-state index contributed by atoms with van der Waals surface area (Å²) in [6.45, 7) is 3.36. The molecule has 6 nitrogen and oxygen atoms in total. The van der Waals surface area contributed by atoms with Crippen molar-refractivity contribution in [3.63, 3.8) is 0 Å². The molecule has 0 bridgehead atoms. The van der Waals surface area contributed by atoms with Crippen molar-refractivity contribution in [2.24, 2.45) is 11.8 Å². The van der Waals surface area contributed by atoms with Gasteiger partial charge in [0.25, 0.3) is 0 Å². The minimum Gasteiger partial charge on any atom is -0.493 e. The first kappa shape index (κ1) is 18.0. The molecule has 0 spiro atoms. The molecule has 0 aliphatic carbocycles. The van der Waals surface area contributed by atoms with Crippen molar-refractivity contribution in [3.8, 4) is 11.5 Å². The van der Waals surface area contributed by atoms with E-state index in [1.54, 1.807) is 21.1 Å². The second-order valence-corrected chi connectivity index (χ2v) is 7.20. The molecule has 25 heavy (non-hydrogen) atoms. The van der Waals surface area contributed by atoms with E-state index in [-0.39, 0.29) is 12.0 Å². The quantitative estimate of drug-likeness (QED) is 0.847. The molecule has 0 saturated carbocycles. The molecule has 3 rings (SSSR count). The number of carboxylic acids is 1. The fourth-order valence-electron chi connectivity index (χ4n) is 4.21. The molecule has 0 aromatic heterocycles. The highest BCUT2D eigenvalue weighted by Gasteiger charge is 2.39. The molecule has 0 amide bonds. The van der Waals surface area contributed by atoms with E-state index in [1.807, 2.05) is 12.1 Å². The molecule has 4 unspecified atom stereocenters. The SMILES string of the molecule is COc1cc2c(cc1OC)C1CC(O)C(CC(C)C(=O)O)CN1CC2. The normalized spacial score (nSPS) is 27.1. The van der Waals surface area contributed by atoms with Crippen LogP contribution in [-0.2, 0) is 11.2 Å². The number of rotatable bonds is 5. The molecular formula is C19H27NO5. The van der Waals surface area contributed by atoms with Gasteiger partial charge in [-0.2, -0.15) is 0 Å².